The summed E-state index contributed by atoms with van der Waals surface area (Å²) in [7, 11) is 0. The van der Waals surface area contributed by atoms with E-state index in [-0.39, 0.29) is 0 Å². The molecule has 0 radical (unpaired) electrons. The molecule has 2 aromatic carbocycles. The highest BCUT2D eigenvalue weighted by Crippen LogP contribution is 2.20. The molecule has 26 heavy (non-hydrogen) atoms. The van der Waals surface area contributed by atoms with E-state index in [0.29, 0.717) is 18.4 Å². The van der Waals surface area contributed by atoms with Crippen LogP contribution in [0.25, 0.3) is 0 Å². The molecule has 0 spiro atoms. The fourth-order valence-corrected chi connectivity index (χ4v) is 3.84. The lowest BCUT2D eigenvalue weighted by atomic mass is 10.0. The molecule has 1 fully saturated rings. The van der Waals surface area contributed by atoms with Crippen LogP contribution in [0.5, 0.6) is 0 Å². The lowest BCUT2D eigenvalue weighted by Crippen LogP contribution is -2.47. The van der Waals surface area contributed by atoms with Crippen LogP contribution < -0.4 is 0 Å². The van der Waals surface area contributed by atoms with Gasteiger partial charge in [0, 0.05) is 38.6 Å². The molecule has 0 aliphatic carbocycles. The quantitative estimate of drug-likeness (QED) is 0.749. The third-order valence-electron chi connectivity index (χ3n) is 5.35. The molecule has 1 aliphatic heterocycles. The summed E-state index contributed by atoms with van der Waals surface area (Å²) in [5, 5.41) is 0. The van der Waals surface area contributed by atoms with Gasteiger partial charge in [0.1, 0.15) is 0 Å². The van der Waals surface area contributed by atoms with Gasteiger partial charge in [-0.05, 0) is 30.4 Å². The first-order valence-corrected chi connectivity index (χ1v) is 9.86. The fraction of sp³-hybridized carbons (Fsp3) is 0.435. The van der Waals surface area contributed by atoms with Crippen LogP contribution in [0.2, 0.25) is 0 Å². The molecule has 2 aromatic rings. The molecule has 138 valence electrons. The van der Waals surface area contributed by atoms with Gasteiger partial charge in [0.15, 0.2) is 0 Å². The highest BCUT2D eigenvalue weighted by Gasteiger charge is 2.26. The highest BCUT2D eigenvalue weighted by atomic mass is 16.2. The molecule has 1 aliphatic rings. The zero-order valence-corrected chi connectivity index (χ0v) is 15.8. The molecule has 3 rings (SSSR count). The average molecular weight is 351 g/mol. The summed E-state index contributed by atoms with van der Waals surface area (Å²) in [6.45, 7) is 5.96. The molecule has 1 saturated heterocycles. The Morgan fingerprint density at radius 1 is 0.962 bits per heavy atom. The predicted octanol–water partition coefficient (Wildman–Crippen LogP) is 4.13. The van der Waals surface area contributed by atoms with Crippen molar-refractivity contribution >= 4 is 5.91 Å². The number of carbonyl (C=O) groups is 1. The molecule has 0 saturated carbocycles. The Bertz CT molecular complexity index is 663. The van der Waals surface area contributed by atoms with E-state index < -0.39 is 0 Å². The zero-order valence-electron chi connectivity index (χ0n) is 15.8. The molecule has 1 heterocycles. The second kappa shape index (κ2) is 9.54. The minimum Gasteiger partial charge on any atom is -0.339 e. The SMILES string of the molecule is CCC(=O)N(CCc1ccccc1)C1CCN(Cc2ccccc2)CC1. The normalized spacial score (nSPS) is 15.7. The van der Waals surface area contributed by atoms with Crippen molar-refractivity contribution in [2.45, 2.75) is 45.2 Å². The number of piperidine rings is 1. The zero-order chi connectivity index (χ0) is 18.2. The van der Waals surface area contributed by atoms with E-state index in [1.54, 1.807) is 0 Å². The monoisotopic (exact) mass is 350 g/mol. The van der Waals surface area contributed by atoms with E-state index in [4.69, 9.17) is 0 Å². The van der Waals surface area contributed by atoms with Crippen LogP contribution >= 0.6 is 0 Å². The maximum absolute atomic E-state index is 12.5. The molecule has 0 N–H and O–H groups in total. The first-order valence-electron chi connectivity index (χ1n) is 9.86. The molecule has 0 unspecified atom stereocenters. The van der Waals surface area contributed by atoms with Gasteiger partial charge < -0.3 is 4.90 Å². The van der Waals surface area contributed by atoms with Crippen molar-refractivity contribution < 1.29 is 4.79 Å². The minimum absolute atomic E-state index is 0.294. The third kappa shape index (κ3) is 5.18. The smallest absolute Gasteiger partial charge is 0.222 e. The number of hydrogen-bond acceptors (Lipinski definition) is 2. The Balaban J connectivity index is 1.54. The van der Waals surface area contributed by atoms with Crippen LogP contribution in [0.3, 0.4) is 0 Å². The van der Waals surface area contributed by atoms with Crippen molar-refractivity contribution in [3.63, 3.8) is 0 Å². The second-order valence-electron chi connectivity index (χ2n) is 7.17. The van der Waals surface area contributed by atoms with Crippen LogP contribution in [0, 0.1) is 0 Å². The molecule has 0 bridgehead atoms. The van der Waals surface area contributed by atoms with Crippen LogP contribution in [0.1, 0.15) is 37.3 Å². The number of benzene rings is 2. The number of likely N-dealkylation sites (tertiary alicyclic amines) is 1. The fourth-order valence-electron chi connectivity index (χ4n) is 3.84. The van der Waals surface area contributed by atoms with Gasteiger partial charge in [-0.1, -0.05) is 67.6 Å². The van der Waals surface area contributed by atoms with E-state index in [9.17, 15) is 4.79 Å². The lowest BCUT2D eigenvalue weighted by Gasteiger charge is -2.38. The standard InChI is InChI=1S/C23H30N2O/c1-2-23(26)25(18-13-20-9-5-3-6-10-20)22-14-16-24(17-15-22)19-21-11-7-4-8-12-21/h3-12,22H,2,13-19H2,1H3. The maximum Gasteiger partial charge on any atom is 0.222 e. The van der Waals surface area contributed by atoms with E-state index in [1.165, 1.54) is 11.1 Å². The van der Waals surface area contributed by atoms with Crippen molar-refractivity contribution in [3.8, 4) is 0 Å². The van der Waals surface area contributed by atoms with Gasteiger partial charge in [0.05, 0.1) is 0 Å². The average Bonchev–Trinajstić information content (AvgIpc) is 2.70. The van der Waals surface area contributed by atoms with Crippen molar-refractivity contribution in [3.05, 3.63) is 71.8 Å². The summed E-state index contributed by atoms with van der Waals surface area (Å²) in [4.78, 5) is 17.2. The number of amides is 1. The van der Waals surface area contributed by atoms with Gasteiger partial charge >= 0.3 is 0 Å². The Morgan fingerprint density at radius 3 is 2.12 bits per heavy atom. The summed E-state index contributed by atoms with van der Waals surface area (Å²) in [6, 6.07) is 21.5. The Kier molecular flexibility index (Phi) is 6.84. The molecular weight excluding hydrogens is 320 g/mol. The van der Waals surface area contributed by atoms with E-state index >= 15 is 0 Å². The summed E-state index contributed by atoms with van der Waals surface area (Å²) in [6.07, 6.45) is 3.69. The van der Waals surface area contributed by atoms with Crippen LogP contribution in [0.15, 0.2) is 60.7 Å². The Hall–Kier alpha value is -2.13. The predicted molar refractivity (Wildman–Crippen MR) is 107 cm³/mol. The Labute approximate surface area is 157 Å². The summed E-state index contributed by atoms with van der Waals surface area (Å²) >= 11 is 0. The van der Waals surface area contributed by atoms with Crippen molar-refractivity contribution in [2.75, 3.05) is 19.6 Å². The number of nitrogens with zero attached hydrogens (tertiary/aromatic N) is 2. The number of carbonyl (C=O) groups excluding carboxylic acids is 1. The first kappa shape index (κ1) is 18.7. The maximum atomic E-state index is 12.5. The largest absolute Gasteiger partial charge is 0.339 e. The second-order valence-corrected chi connectivity index (χ2v) is 7.17. The lowest BCUT2D eigenvalue weighted by molar-refractivity contribution is -0.134. The van der Waals surface area contributed by atoms with Gasteiger partial charge in [-0.25, -0.2) is 0 Å². The third-order valence-corrected chi connectivity index (χ3v) is 5.35. The highest BCUT2D eigenvalue weighted by molar-refractivity contribution is 5.76. The topological polar surface area (TPSA) is 23.6 Å². The first-order chi connectivity index (χ1) is 12.8. The molecule has 3 nitrogen and oxygen atoms in total. The number of hydrogen-bond donors (Lipinski definition) is 0. The van der Waals surface area contributed by atoms with Gasteiger partial charge in [0.25, 0.3) is 0 Å². The van der Waals surface area contributed by atoms with Crippen LogP contribution in [-0.2, 0) is 17.8 Å². The number of rotatable bonds is 7. The molecular formula is C23H30N2O. The molecule has 1 amide bonds. The van der Waals surface area contributed by atoms with Crippen molar-refractivity contribution in [2.24, 2.45) is 0 Å². The van der Waals surface area contributed by atoms with Gasteiger partial charge in [-0.3, -0.25) is 9.69 Å². The van der Waals surface area contributed by atoms with Gasteiger partial charge in [-0.2, -0.15) is 0 Å². The van der Waals surface area contributed by atoms with E-state index in [2.05, 4.69) is 64.4 Å². The molecule has 0 atom stereocenters. The molecule has 3 heteroatoms. The van der Waals surface area contributed by atoms with Crippen LogP contribution in [-0.4, -0.2) is 41.4 Å². The Morgan fingerprint density at radius 2 is 1.54 bits per heavy atom. The van der Waals surface area contributed by atoms with E-state index in [0.717, 1.165) is 45.4 Å². The summed E-state index contributed by atoms with van der Waals surface area (Å²) < 4.78 is 0. The van der Waals surface area contributed by atoms with Gasteiger partial charge in [-0.15, -0.1) is 0 Å². The summed E-state index contributed by atoms with van der Waals surface area (Å²) in [5.41, 5.74) is 2.68. The van der Waals surface area contributed by atoms with E-state index in [1.807, 2.05) is 13.0 Å². The molecule has 0 aromatic heterocycles. The van der Waals surface area contributed by atoms with Crippen molar-refractivity contribution in [1.29, 1.82) is 0 Å². The summed E-state index contributed by atoms with van der Waals surface area (Å²) in [5.74, 6) is 0.294. The van der Waals surface area contributed by atoms with Gasteiger partial charge in [0.2, 0.25) is 5.91 Å². The van der Waals surface area contributed by atoms with Crippen molar-refractivity contribution in [1.82, 2.24) is 9.80 Å². The van der Waals surface area contributed by atoms with Crippen LogP contribution in [0.4, 0.5) is 0 Å². The minimum atomic E-state index is 0.294.